The van der Waals surface area contributed by atoms with Gasteiger partial charge < -0.3 is 4.98 Å². The van der Waals surface area contributed by atoms with E-state index >= 15 is 0 Å². The predicted molar refractivity (Wildman–Crippen MR) is 68.7 cm³/mol. The SMILES string of the molecule is CC(C)(C)c1ccc2[nH]ccc2c1.[Cl][Ti][Cl]. The molecule has 1 aromatic heterocycles. The van der Waals surface area contributed by atoms with Crippen molar-refractivity contribution in [2.24, 2.45) is 0 Å². The Hall–Kier alpha value is 0.0543. The summed E-state index contributed by atoms with van der Waals surface area (Å²) in [5.74, 6) is 0. The van der Waals surface area contributed by atoms with Gasteiger partial charge in [0, 0.05) is 11.7 Å². The summed E-state index contributed by atoms with van der Waals surface area (Å²) in [5, 5.41) is 1.30. The monoisotopic (exact) mass is 291 g/mol. The molecule has 0 aliphatic rings. The Morgan fingerprint density at radius 1 is 1.12 bits per heavy atom. The molecule has 4 heteroatoms. The minimum atomic E-state index is -0.556. The van der Waals surface area contributed by atoms with Crippen molar-refractivity contribution in [2.45, 2.75) is 26.2 Å². The Kier molecular flexibility index (Phi) is 5.39. The second-order valence-corrected chi connectivity index (χ2v) is 7.18. The Labute approximate surface area is 113 Å². The normalized spacial score (nSPS) is 10.8. The first-order valence-electron chi connectivity index (χ1n) is 5.03. The van der Waals surface area contributed by atoms with Gasteiger partial charge in [0.25, 0.3) is 0 Å². The fourth-order valence-electron chi connectivity index (χ4n) is 1.52. The fourth-order valence-corrected chi connectivity index (χ4v) is 1.52. The number of H-pyrrole nitrogens is 1. The minimum absolute atomic E-state index is 0.242. The third kappa shape index (κ3) is 3.82. The molecular weight excluding hydrogens is 277 g/mol. The van der Waals surface area contributed by atoms with Gasteiger partial charge in [0.2, 0.25) is 0 Å². The van der Waals surface area contributed by atoms with Crippen LogP contribution in [-0.2, 0) is 22.4 Å². The zero-order valence-corrected chi connectivity index (χ0v) is 12.7. The number of hydrogen-bond donors (Lipinski definition) is 1. The van der Waals surface area contributed by atoms with E-state index < -0.39 is 17.0 Å². The van der Waals surface area contributed by atoms with Gasteiger partial charge in [0.05, 0.1) is 0 Å². The van der Waals surface area contributed by atoms with E-state index in [2.05, 4.69) is 50.0 Å². The molecule has 2 aromatic rings. The van der Waals surface area contributed by atoms with Crippen LogP contribution in [0.3, 0.4) is 0 Å². The first-order valence-corrected chi connectivity index (χ1v) is 9.32. The average Bonchev–Trinajstić information content (AvgIpc) is 2.63. The van der Waals surface area contributed by atoms with E-state index in [0.717, 1.165) is 0 Å². The maximum atomic E-state index is 4.89. The maximum absolute atomic E-state index is 4.89. The van der Waals surface area contributed by atoms with E-state index in [1.165, 1.54) is 16.5 Å². The molecule has 16 heavy (non-hydrogen) atoms. The van der Waals surface area contributed by atoms with Crippen LogP contribution in [0.15, 0.2) is 30.5 Å². The van der Waals surface area contributed by atoms with Gasteiger partial charge in [-0.25, -0.2) is 0 Å². The van der Waals surface area contributed by atoms with Crippen molar-refractivity contribution < 1.29 is 17.0 Å². The van der Waals surface area contributed by atoms with Crippen LogP contribution in [0.25, 0.3) is 10.9 Å². The molecule has 1 heterocycles. The first-order chi connectivity index (χ1) is 7.49. The van der Waals surface area contributed by atoms with Crippen LogP contribution in [-0.4, -0.2) is 4.98 Å². The first kappa shape index (κ1) is 14.1. The Bertz CT molecular complexity index is 445. The summed E-state index contributed by atoms with van der Waals surface area (Å²) in [7, 11) is 9.78. The van der Waals surface area contributed by atoms with E-state index in [1.807, 2.05) is 6.20 Å². The predicted octanol–water partition coefficient (Wildman–Crippen LogP) is 4.84. The van der Waals surface area contributed by atoms with Crippen LogP contribution >= 0.6 is 18.6 Å². The molecule has 0 saturated carbocycles. The molecule has 0 amide bonds. The third-order valence-corrected chi connectivity index (χ3v) is 2.42. The van der Waals surface area contributed by atoms with Crippen LogP contribution in [0.4, 0.5) is 0 Å². The molecule has 0 spiro atoms. The number of benzene rings is 1. The Morgan fingerprint density at radius 2 is 1.75 bits per heavy atom. The summed E-state index contributed by atoms with van der Waals surface area (Å²) < 4.78 is 0. The van der Waals surface area contributed by atoms with Crippen molar-refractivity contribution in [2.75, 3.05) is 0 Å². The molecule has 1 aromatic carbocycles. The summed E-state index contributed by atoms with van der Waals surface area (Å²) in [6.45, 7) is 6.71. The van der Waals surface area contributed by atoms with Gasteiger partial charge >= 0.3 is 35.6 Å². The molecule has 0 saturated heterocycles. The standard InChI is InChI=1S/C12H15N.2ClH.Ti/c1-12(2,3)10-4-5-11-9(8-10)6-7-13-11;;;/h4-8,13H,1-3H3;2*1H;/q;;;+2/p-2. The Balaban J connectivity index is 0.000000386. The van der Waals surface area contributed by atoms with Crippen molar-refractivity contribution in [1.82, 2.24) is 4.98 Å². The number of aromatic nitrogens is 1. The second kappa shape index (κ2) is 6.11. The van der Waals surface area contributed by atoms with Crippen LogP contribution < -0.4 is 0 Å². The van der Waals surface area contributed by atoms with Gasteiger partial charge in [-0.3, -0.25) is 0 Å². The van der Waals surface area contributed by atoms with E-state index in [9.17, 15) is 0 Å². The molecule has 0 bridgehead atoms. The fraction of sp³-hybridized carbons (Fsp3) is 0.333. The second-order valence-electron chi connectivity index (χ2n) is 4.60. The van der Waals surface area contributed by atoms with Gasteiger partial charge in [0.15, 0.2) is 0 Å². The third-order valence-electron chi connectivity index (χ3n) is 2.42. The summed E-state index contributed by atoms with van der Waals surface area (Å²) >= 11 is -0.556. The van der Waals surface area contributed by atoms with Crippen molar-refractivity contribution >= 4 is 29.5 Å². The van der Waals surface area contributed by atoms with Gasteiger partial charge in [-0.15, -0.1) is 0 Å². The molecule has 2 rings (SSSR count). The molecule has 0 fully saturated rings. The van der Waals surface area contributed by atoms with E-state index in [4.69, 9.17) is 18.6 Å². The van der Waals surface area contributed by atoms with Crippen LogP contribution in [0.2, 0.25) is 0 Å². The van der Waals surface area contributed by atoms with Crippen molar-refractivity contribution in [3.63, 3.8) is 0 Å². The topological polar surface area (TPSA) is 15.8 Å². The molecule has 1 nitrogen and oxygen atoms in total. The summed E-state index contributed by atoms with van der Waals surface area (Å²) in [6, 6.07) is 8.71. The number of nitrogens with one attached hydrogen (secondary N) is 1. The average molecular weight is 292 g/mol. The van der Waals surface area contributed by atoms with E-state index in [-0.39, 0.29) is 5.41 Å². The summed E-state index contributed by atoms with van der Waals surface area (Å²) in [5.41, 5.74) is 2.85. The number of halogens is 2. The van der Waals surface area contributed by atoms with Crippen LogP contribution in [0.5, 0.6) is 0 Å². The van der Waals surface area contributed by atoms with Crippen LogP contribution in [0, 0.1) is 0 Å². The quantitative estimate of drug-likeness (QED) is 0.669. The molecule has 0 aliphatic heterocycles. The Morgan fingerprint density at radius 3 is 2.31 bits per heavy atom. The summed E-state index contributed by atoms with van der Waals surface area (Å²) in [6.07, 6.45) is 1.98. The number of aromatic amines is 1. The number of hydrogen-bond acceptors (Lipinski definition) is 0. The molecular formula is C12H15Cl2NTi. The van der Waals surface area contributed by atoms with Gasteiger partial charge in [-0.2, -0.15) is 0 Å². The number of rotatable bonds is 0. The zero-order chi connectivity index (χ0) is 12.2. The number of fused-ring (bicyclic) bond motifs is 1. The molecule has 0 unspecified atom stereocenters. The molecule has 86 valence electrons. The van der Waals surface area contributed by atoms with Crippen molar-refractivity contribution in [3.8, 4) is 0 Å². The van der Waals surface area contributed by atoms with Crippen LogP contribution in [0.1, 0.15) is 26.3 Å². The van der Waals surface area contributed by atoms with Crippen molar-refractivity contribution in [3.05, 3.63) is 36.0 Å². The van der Waals surface area contributed by atoms with Gasteiger partial charge in [0.1, 0.15) is 0 Å². The van der Waals surface area contributed by atoms with E-state index in [1.54, 1.807) is 0 Å². The van der Waals surface area contributed by atoms with E-state index in [0.29, 0.717) is 0 Å². The molecule has 0 radical (unpaired) electrons. The molecule has 0 aliphatic carbocycles. The van der Waals surface area contributed by atoms with Crippen molar-refractivity contribution in [1.29, 1.82) is 0 Å². The zero-order valence-electron chi connectivity index (χ0n) is 9.64. The van der Waals surface area contributed by atoms with Gasteiger partial charge in [-0.1, -0.05) is 26.8 Å². The molecule has 1 N–H and O–H groups in total. The van der Waals surface area contributed by atoms with Gasteiger partial charge in [-0.05, 0) is 34.6 Å². The summed E-state index contributed by atoms with van der Waals surface area (Å²) in [4.78, 5) is 3.20. The molecule has 0 atom stereocenters.